The molecule has 0 fully saturated rings. The molecule has 116 valence electrons. The number of aliphatic hydroxyl groups excluding tert-OH is 1. The summed E-state index contributed by atoms with van der Waals surface area (Å²) in [5.41, 5.74) is 1.55. The van der Waals surface area contributed by atoms with Crippen LogP contribution in [0.5, 0.6) is 0 Å². The molecule has 8 nitrogen and oxygen atoms in total. The number of aliphatic hydroxyl groups is 1. The van der Waals surface area contributed by atoms with E-state index >= 15 is 0 Å². The van der Waals surface area contributed by atoms with Gasteiger partial charge in [0.25, 0.3) is 18.0 Å². The van der Waals surface area contributed by atoms with E-state index in [0.717, 1.165) is 23.1 Å². The third-order valence-corrected chi connectivity index (χ3v) is 2.61. The quantitative estimate of drug-likeness (QED) is 0.385. The summed E-state index contributed by atoms with van der Waals surface area (Å²) in [6.07, 6.45) is -2.76. The largest absolute Gasteiger partial charge is 0.395 e. The Bertz CT molecular complexity index is 527. The first-order chi connectivity index (χ1) is 9.90. The Labute approximate surface area is 118 Å². The highest BCUT2D eigenvalue weighted by molar-refractivity contribution is 5.96. The fourth-order valence-electron chi connectivity index (χ4n) is 1.69. The molecular weight excluding hydrogens is 290 g/mol. The molecule has 0 unspecified atom stereocenters. The molecule has 0 atom stereocenters. The van der Waals surface area contributed by atoms with Crippen LogP contribution >= 0.6 is 0 Å². The fourth-order valence-corrected chi connectivity index (χ4v) is 1.69. The molecule has 0 bridgehead atoms. The van der Waals surface area contributed by atoms with Crippen molar-refractivity contribution in [2.45, 2.75) is 6.43 Å². The summed E-state index contributed by atoms with van der Waals surface area (Å²) < 4.78 is 24.8. The third-order valence-electron chi connectivity index (χ3n) is 2.61. The van der Waals surface area contributed by atoms with Gasteiger partial charge in [-0.05, 0) is 12.1 Å². The van der Waals surface area contributed by atoms with Crippen molar-refractivity contribution in [1.29, 1.82) is 0 Å². The molecule has 21 heavy (non-hydrogen) atoms. The summed E-state index contributed by atoms with van der Waals surface area (Å²) in [4.78, 5) is 22.8. The lowest BCUT2D eigenvalue weighted by atomic mass is 10.1. The Hall–Kier alpha value is -2.33. The highest BCUT2D eigenvalue weighted by Crippen LogP contribution is 2.25. The van der Waals surface area contributed by atoms with Gasteiger partial charge in [-0.3, -0.25) is 20.8 Å². The zero-order chi connectivity index (χ0) is 16.0. The van der Waals surface area contributed by atoms with Crippen LogP contribution < -0.4 is 11.3 Å². The maximum absolute atomic E-state index is 12.4. The number of nitrogen functional groups attached to an aromatic ring is 1. The summed E-state index contributed by atoms with van der Waals surface area (Å²) in [5.74, 6) is 4.35. The van der Waals surface area contributed by atoms with Gasteiger partial charge in [0, 0.05) is 18.2 Å². The van der Waals surface area contributed by atoms with Gasteiger partial charge in [0.1, 0.15) is 5.69 Å². The number of nitro groups is 1. The van der Waals surface area contributed by atoms with Crippen molar-refractivity contribution in [2.75, 3.05) is 25.1 Å². The van der Waals surface area contributed by atoms with Crippen molar-refractivity contribution in [1.82, 2.24) is 4.90 Å². The molecule has 0 aliphatic carbocycles. The number of halogens is 2. The smallest absolute Gasteiger partial charge is 0.293 e. The Kier molecular flexibility index (Phi) is 5.93. The van der Waals surface area contributed by atoms with Gasteiger partial charge in [0.2, 0.25) is 0 Å². The van der Waals surface area contributed by atoms with Gasteiger partial charge in [-0.15, -0.1) is 0 Å². The summed E-state index contributed by atoms with van der Waals surface area (Å²) in [7, 11) is 0. The Balaban J connectivity index is 3.07. The highest BCUT2D eigenvalue weighted by atomic mass is 19.3. The van der Waals surface area contributed by atoms with Crippen LogP contribution in [-0.2, 0) is 0 Å². The predicted octanol–water partition coefficient (Wildman–Crippen LogP) is 0.580. The summed E-state index contributed by atoms with van der Waals surface area (Å²) >= 11 is 0. The first kappa shape index (κ1) is 16.7. The van der Waals surface area contributed by atoms with Crippen LogP contribution in [0.1, 0.15) is 10.4 Å². The van der Waals surface area contributed by atoms with E-state index in [9.17, 15) is 23.7 Å². The summed E-state index contributed by atoms with van der Waals surface area (Å²) in [5, 5.41) is 19.5. The Morgan fingerprint density at radius 3 is 2.67 bits per heavy atom. The van der Waals surface area contributed by atoms with Gasteiger partial charge in [0.15, 0.2) is 0 Å². The molecule has 0 saturated carbocycles. The second kappa shape index (κ2) is 7.45. The molecule has 0 radical (unpaired) electrons. The normalized spacial score (nSPS) is 10.5. The molecule has 0 spiro atoms. The molecule has 1 aromatic carbocycles. The monoisotopic (exact) mass is 304 g/mol. The number of hydrogen-bond donors (Lipinski definition) is 3. The van der Waals surface area contributed by atoms with E-state index in [1.54, 1.807) is 0 Å². The molecule has 0 heterocycles. The van der Waals surface area contributed by atoms with E-state index in [1.807, 2.05) is 0 Å². The number of rotatable bonds is 7. The van der Waals surface area contributed by atoms with Crippen molar-refractivity contribution >= 4 is 17.3 Å². The van der Waals surface area contributed by atoms with Crippen molar-refractivity contribution in [3.05, 3.63) is 33.9 Å². The zero-order valence-electron chi connectivity index (χ0n) is 10.8. The second-order valence-electron chi connectivity index (χ2n) is 4.00. The lowest BCUT2D eigenvalue weighted by Crippen LogP contribution is -2.37. The Morgan fingerprint density at radius 2 is 2.19 bits per heavy atom. The van der Waals surface area contributed by atoms with E-state index in [1.165, 1.54) is 0 Å². The minimum absolute atomic E-state index is 0.0531. The minimum atomic E-state index is -2.76. The molecule has 0 saturated heterocycles. The van der Waals surface area contributed by atoms with Crippen LogP contribution in [0.4, 0.5) is 20.2 Å². The molecule has 10 heteroatoms. The number of hydrazine groups is 1. The number of nitrogens with two attached hydrogens (primary N) is 1. The molecule has 1 rings (SSSR count). The first-order valence-corrected chi connectivity index (χ1v) is 5.84. The van der Waals surface area contributed by atoms with E-state index in [-0.39, 0.29) is 23.5 Å². The molecule has 0 aliphatic rings. The highest BCUT2D eigenvalue weighted by Gasteiger charge is 2.22. The van der Waals surface area contributed by atoms with Crippen molar-refractivity contribution in [3.63, 3.8) is 0 Å². The summed E-state index contributed by atoms with van der Waals surface area (Å²) in [6, 6.07) is 3.27. The van der Waals surface area contributed by atoms with E-state index in [0.29, 0.717) is 0 Å². The van der Waals surface area contributed by atoms with Gasteiger partial charge in [-0.2, -0.15) is 0 Å². The number of alkyl halides is 2. The average molecular weight is 304 g/mol. The molecule has 0 aliphatic heterocycles. The van der Waals surface area contributed by atoms with Crippen LogP contribution in [0.15, 0.2) is 18.2 Å². The lowest BCUT2D eigenvalue weighted by molar-refractivity contribution is -0.384. The fraction of sp³-hybridized carbons (Fsp3) is 0.364. The first-order valence-electron chi connectivity index (χ1n) is 5.84. The van der Waals surface area contributed by atoms with Crippen molar-refractivity contribution in [2.24, 2.45) is 5.84 Å². The number of carbonyl (C=O) groups is 1. The molecule has 1 amide bonds. The predicted molar refractivity (Wildman–Crippen MR) is 69.9 cm³/mol. The van der Waals surface area contributed by atoms with Gasteiger partial charge in [0.05, 0.1) is 18.1 Å². The zero-order valence-corrected chi connectivity index (χ0v) is 10.8. The van der Waals surface area contributed by atoms with Crippen molar-refractivity contribution < 1.29 is 23.6 Å². The van der Waals surface area contributed by atoms with Gasteiger partial charge < -0.3 is 15.4 Å². The molecule has 1 aromatic rings. The molecule has 4 N–H and O–H groups in total. The number of hydrogen-bond acceptors (Lipinski definition) is 6. The topological polar surface area (TPSA) is 122 Å². The van der Waals surface area contributed by atoms with Gasteiger partial charge in [-0.1, -0.05) is 0 Å². The lowest BCUT2D eigenvalue weighted by Gasteiger charge is -2.21. The minimum Gasteiger partial charge on any atom is -0.395 e. The standard InChI is InChI=1S/C11H14F2N4O4/c12-10(13)6-16(3-4-18)11(19)7-1-2-9(17(20)21)8(5-7)15-14/h1-2,5,10,15,18H,3-4,6,14H2. The maximum atomic E-state index is 12.4. The Morgan fingerprint density at radius 1 is 1.52 bits per heavy atom. The van der Waals surface area contributed by atoms with Crippen LogP contribution in [0.2, 0.25) is 0 Å². The maximum Gasteiger partial charge on any atom is 0.293 e. The SMILES string of the molecule is NNc1cc(C(=O)N(CCO)CC(F)F)ccc1[N+](=O)[O-]. The van der Waals surface area contributed by atoms with Gasteiger partial charge in [-0.25, -0.2) is 8.78 Å². The number of nitrogens with zero attached hydrogens (tertiary/aromatic N) is 2. The van der Waals surface area contributed by atoms with E-state index in [2.05, 4.69) is 5.43 Å². The van der Waals surface area contributed by atoms with Crippen molar-refractivity contribution in [3.8, 4) is 0 Å². The summed E-state index contributed by atoms with van der Waals surface area (Å²) in [6.45, 7) is -1.60. The number of anilines is 1. The van der Waals surface area contributed by atoms with Crippen LogP contribution in [0, 0.1) is 10.1 Å². The number of benzene rings is 1. The average Bonchev–Trinajstić information content (AvgIpc) is 2.44. The van der Waals surface area contributed by atoms with Gasteiger partial charge >= 0.3 is 0 Å². The number of nitrogens with one attached hydrogen (secondary N) is 1. The van der Waals surface area contributed by atoms with E-state index < -0.39 is 30.4 Å². The number of carbonyl (C=O) groups excluding carboxylic acids is 1. The number of nitro benzene ring substituents is 1. The number of amides is 1. The van der Waals surface area contributed by atoms with Crippen LogP contribution in [0.3, 0.4) is 0 Å². The molecule has 0 aromatic heterocycles. The molecular formula is C11H14F2N4O4. The second-order valence-corrected chi connectivity index (χ2v) is 4.00. The van der Waals surface area contributed by atoms with E-state index in [4.69, 9.17) is 10.9 Å². The van der Waals surface area contributed by atoms with Crippen LogP contribution in [-0.4, -0.2) is 47.0 Å². The van der Waals surface area contributed by atoms with Crippen LogP contribution in [0.25, 0.3) is 0 Å². The third kappa shape index (κ3) is 4.33.